The van der Waals surface area contributed by atoms with Gasteiger partial charge in [-0.25, -0.2) is 0 Å². The van der Waals surface area contributed by atoms with E-state index in [9.17, 15) is 0 Å². The Morgan fingerprint density at radius 1 is 1.50 bits per heavy atom. The van der Waals surface area contributed by atoms with Gasteiger partial charge in [0.2, 0.25) is 0 Å². The van der Waals surface area contributed by atoms with E-state index in [1.165, 1.54) is 30.6 Å². The Labute approximate surface area is 94.2 Å². The highest BCUT2D eigenvalue weighted by molar-refractivity contribution is 9.09. The molecule has 1 saturated heterocycles. The van der Waals surface area contributed by atoms with E-state index in [4.69, 9.17) is 0 Å². The lowest BCUT2D eigenvalue weighted by Crippen LogP contribution is -2.20. The Morgan fingerprint density at radius 3 is 3.00 bits per heavy atom. The van der Waals surface area contributed by atoms with Gasteiger partial charge in [0.15, 0.2) is 0 Å². The third-order valence-electron chi connectivity index (χ3n) is 2.70. The number of aryl methyl sites for hydroxylation is 1. The van der Waals surface area contributed by atoms with Crippen molar-refractivity contribution in [2.75, 3.05) is 13.1 Å². The Morgan fingerprint density at radius 2 is 2.36 bits per heavy atom. The maximum Gasteiger partial charge on any atom is 0.0285 e. The summed E-state index contributed by atoms with van der Waals surface area (Å²) in [5, 5.41) is 0. The molecule has 14 heavy (non-hydrogen) atoms. The number of hydrogen-bond acceptors (Lipinski definition) is 1. The van der Waals surface area contributed by atoms with E-state index >= 15 is 0 Å². The molecule has 1 aliphatic heterocycles. The predicted octanol–water partition coefficient (Wildman–Crippen LogP) is 2.96. The van der Waals surface area contributed by atoms with E-state index in [2.05, 4.69) is 52.0 Å². The Kier molecular flexibility index (Phi) is 3.24. The van der Waals surface area contributed by atoms with Crippen molar-refractivity contribution in [3.05, 3.63) is 35.4 Å². The summed E-state index contributed by atoms with van der Waals surface area (Å²) in [6, 6.07) is 8.79. The van der Waals surface area contributed by atoms with Gasteiger partial charge in [-0.1, -0.05) is 45.8 Å². The van der Waals surface area contributed by atoms with Crippen LogP contribution < -0.4 is 0 Å². The minimum Gasteiger partial charge on any atom is -0.298 e. The van der Waals surface area contributed by atoms with Crippen LogP contribution in [0.1, 0.15) is 17.5 Å². The maximum atomic E-state index is 3.66. The summed E-state index contributed by atoms with van der Waals surface area (Å²) in [5.41, 5.74) is 2.80. The number of halogens is 1. The van der Waals surface area contributed by atoms with Gasteiger partial charge >= 0.3 is 0 Å². The topological polar surface area (TPSA) is 3.24 Å². The fourth-order valence-electron chi connectivity index (χ4n) is 2.00. The molecule has 0 bridgehead atoms. The molecule has 0 amide bonds. The largest absolute Gasteiger partial charge is 0.298 e. The van der Waals surface area contributed by atoms with Crippen molar-refractivity contribution in [2.45, 2.75) is 24.7 Å². The fraction of sp³-hybridized carbons (Fsp3) is 0.500. The molecule has 76 valence electrons. The third kappa shape index (κ3) is 2.58. The van der Waals surface area contributed by atoms with Crippen LogP contribution >= 0.6 is 15.9 Å². The highest BCUT2D eigenvalue weighted by atomic mass is 79.9. The zero-order chi connectivity index (χ0) is 9.97. The van der Waals surface area contributed by atoms with Crippen LogP contribution in [0.2, 0.25) is 0 Å². The second-order valence-corrected chi connectivity index (χ2v) is 5.41. The van der Waals surface area contributed by atoms with E-state index in [0.717, 1.165) is 6.54 Å². The van der Waals surface area contributed by atoms with Gasteiger partial charge in [-0.05, 0) is 25.5 Å². The van der Waals surface area contributed by atoms with Crippen LogP contribution in [0.3, 0.4) is 0 Å². The standard InChI is InChI=1S/C12H16BrN/c1-10-3-2-4-11(7-10)8-14-6-5-12(13)9-14/h2-4,7,12H,5-6,8-9H2,1H3. The Balaban J connectivity index is 1.97. The molecule has 1 nitrogen and oxygen atoms in total. The Hall–Kier alpha value is -0.340. The third-order valence-corrected chi connectivity index (χ3v) is 3.45. The summed E-state index contributed by atoms with van der Waals surface area (Å²) in [4.78, 5) is 3.21. The average Bonchev–Trinajstić information content (AvgIpc) is 2.51. The second kappa shape index (κ2) is 4.45. The van der Waals surface area contributed by atoms with Crippen molar-refractivity contribution in [1.82, 2.24) is 4.90 Å². The van der Waals surface area contributed by atoms with Crippen LogP contribution in [0.25, 0.3) is 0 Å². The van der Waals surface area contributed by atoms with Crippen molar-refractivity contribution in [3.8, 4) is 0 Å². The van der Waals surface area contributed by atoms with Gasteiger partial charge in [0.05, 0.1) is 0 Å². The van der Waals surface area contributed by atoms with Crippen molar-refractivity contribution in [3.63, 3.8) is 0 Å². The lowest BCUT2D eigenvalue weighted by atomic mass is 10.1. The highest BCUT2D eigenvalue weighted by Gasteiger charge is 2.19. The zero-order valence-corrected chi connectivity index (χ0v) is 10.1. The first kappa shape index (κ1) is 10.2. The molecule has 2 heteroatoms. The summed E-state index contributed by atoms with van der Waals surface area (Å²) in [7, 11) is 0. The highest BCUT2D eigenvalue weighted by Crippen LogP contribution is 2.18. The number of benzene rings is 1. The lowest BCUT2D eigenvalue weighted by Gasteiger charge is -2.15. The molecular formula is C12H16BrN. The fourth-order valence-corrected chi connectivity index (χ4v) is 2.61. The van der Waals surface area contributed by atoms with Gasteiger partial charge in [0.1, 0.15) is 0 Å². The predicted molar refractivity (Wildman–Crippen MR) is 63.8 cm³/mol. The van der Waals surface area contributed by atoms with E-state index in [-0.39, 0.29) is 0 Å². The van der Waals surface area contributed by atoms with Crippen molar-refractivity contribution in [2.24, 2.45) is 0 Å². The number of alkyl halides is 1. The van der Waals surface area contributed by atoms with Gasteiger partial charge in [-0.3, -0.25) is 4.90 Å². The molecule has 1 aromatic carbocycles. The molecule has 0 spiro atoms. The monoisotopic (exact) mass is 253 g/mol. The van der Waals surface area contributed by atoms with Gasteiger partial charge < -0.3 is 0 Å². The second-order valence-electron chi connectivity index (χ2n) is 4.11. The van der Waals surface area contributed by atoms with E-state index < -0.39 is 0 Å². The van der Waals surface area contributed by atoms with Crippen LogP contribution in [0.15, 0.2) is 24.3 Å². The molecular weight excluding hydrogens is 238 g/mol. The molecule has 0 N–H and O–H groups in total. The van der Waals surface area contributed by atoms with Crippen molar-refractivity contribution >= 4 is 15.9 Å². The molecule has 1 aromatic rings. The quantitative estimate of drug-likeness (QED) is 0.733. The normalized spacial score (nSPS) is 22.9. The van der Waals surface area contributed by atoms with Gasteiger partial charge in [0.25, 0.3) is 0 Å². The van der Waals surface area contributed by atoms with Crippen molar-refractivity contribution < 1.29 is 0 Å². The maximum absolute atomic E-state index is 3.66. The SMILES string of the molecule is Cc1cccc(CN2CCC(Br)C2)c1. The number of hydrogen-bond donors (Lipinski definition) is 0. The first-order valence-corrected chi connectivity index (χ1v) is 6.07. The van der Waals surface area contributed by atoms with Crippen molar-refractivity contribution in [1.29, 1.82) is 0 Å². The van der Waals surface area contributed by atoms with E-state index in [0.29, 0.717) is 4.83 Å². The molecule has 1 aliphatic rings. The number of rotatable bonds is 2. The van der Waals surface area contributed by atoms with Crippen LogP contribution in [0, 0.1) is 6.92 Å². The van der Waals surface area contributed by atoms with Gasteiger partial charge in [-0.2, -0.15) is 0 Å². The summed E-state index contributed by atoms with van der Waals surface area (Å²) >= 11 is 3.66. The van der Waals surface area contributed by atoms with Crippen LogP contribution in [-0.2, 0) is 6.54 Å². The van der Waals surface area contributed by atoms with E-state index in [1.54, 1.807) is 0 Å². The molecule has 1 atom stereocenters. The minimum absolute atomic E-state index is 0.701. The first-order valence-electron chi connectivity index (χ1n) is 5.16. The molecule has 2 rings (SSSR count). The molecule has 1 heterocycles. The molecule has 0 aromatic heterocycles. The molecule has 1 unspecified atom stereocenters. The smallest absolute Gasteiger partial charge is 0.0285 e. The summed E-state index contributed by atoms with van der Waals surface area (Å²) in [5.74, 6) is 0. The zero-order valence-electron chi connectivity index (χ0n) is 8.54. The molecule has 1 fully saturated rings. The summed E-state index contributed by atoms with van der Waals surface area (Å²) < 4.78 is 0. The summed E-state index contributed by atoms with van der Waals surface area (Å²) in [6.45, 7) is 5.67. The van der Waals surface area contributed by atoms with Gasteiger partial charge in [0, 0.05) is 17.9 Å². The molecule has 0 aliphatic carbocycles. The summed E-state index contributed by atoms with van der Waals surface area (Å²) in [6.07, 6.45) is 1.28. The van der Waals surface area contributed by atoms with Crippen LogP contribution in [-0.4, -0.2) is 22.8 Å². The average molecular weight is 254 g/mol. The Bertz CT molecular complexity index is 311. The minimum atomic E-state index is 0.701. The van der Waals surface area contributed by atoms with Gasteiger partial charge in [-0.15, -0.1) is 0 Å². The number of nitrogens with zero attached hydrogens (tertiary/aromatic N) is 1. The van der Waals surface area contributed by atoms with Crippen LogP contribution in [0.4, 0.5) is 0 Å². The molecule has 0 radical (unpaired) electrons. The number of likely N-dealkylation sites (tertiary alicyclic amines) is 1. The molecule has 0 saturated carbocycles. The lowest BCUT2D eigenvalue weighted by molar-refractivity contribution is 0.332. The first-order chi connectivity index (χ1) is 6.74. The van der Waals surface area contributed by atoms with E-state index in [1.807, 2.05) is 0 Å². The van der Waals surface area contributed by atoms with Crippen LogP contribution in [0.5, 0.6) is 0 Å².